The molecule has 0 saturated carbocycles. The lowest BCUT2D eigenvalue weighted by molar-refractivity contribution is -0.118. The molecule has 0 bridgehead atoms. The van der Waals surface area contributed by atoms with Gasteiger partial charge in [-0.3, -0.25) is 4.79 Å². The highest BCUT2D eigenvalue weighted by atomic mass is 16.5. The highest BCUT2D eigenvalue weighted by molar-refractivity contribution is 6.02. The molecule has 0 unspecified atom stereocenters. The number of amides is 1. The zero-order valence-corrected chi connectivity index (χ0v) is 15.5. The number of aryl methyl sites for hydroxylation is 1. The number of hydrogen-bond acceptors (Lipinski definition) is 7. The molecule has 1 heterocycles. The first-order valence-electron chi connectivity index (χ1n) is 7.99. The summed E-state index contributed by atoms with van der Waals surface area (Å²) >= 11 is 0. The fourth-order valence-electron chi connectivity index (χ4n) is 1.99. The minimum Gasteiger partial charge on any atom is -0.497 e. The van der Waals surface area contributed by atoms with E-state index in [1.165, 1.54) is 26.2 Å². The number of aromatic carboxylic acids is 1. The summed E-state index contributed by atoms with van der Waals surface area (Å²) in [7, 11) is 1.48. The van der Waals surface area contributed by atoms with Crippen LogP contribution in [0.4, 0.5) is 0 Å². The molecule has 0 spiro atoms. The van der Waals surface area contributed by atoms with Crippen LogP contribution in [0.1, 0.15) is 46.9 Å². The highest BCUT2D eigenvalue weighted by Crippen LogP contribution is 2.21. The standard InChI is InChI=1S/C13H11NO6.C5H11NO/c1-7-10(12(15)16)11(14-20-7)13(17)19-9-5-3-4-8(6-9)18-2;1-4(2)3-5(6)7/h3-6H,1-2H3,(H,15,16);4H,3H2,1-2H3,(H2,6,7). The number of primary amides is 1. The summed E-state index contributed by atoms with van der Waals surface area (Å²) in [5.74, 6) is -1.27. The summed E-state index contributed by atoms with van der Waals surface area (Å²) in [5.41, 5.74) is 4.17. The number of rotatable bonds is 6. The van der Waals surface area contributed by atoms with Gasteiger partial charge in [0.1, 0.15) is 22.8 Å². The molecule has 1 aromatic carbocycles. The van der Waals surface area contributed by atoms with Crippen LogP contribution in [0.3, 0.4) is 0 Å². The maximum absolute atomic E-state index is 11.9. The van der Waals surface area contributed by atoms with Crippen molar-refractivity contribution < 1.29 is 33.5 Å². The molecule has 1 aromatic heterocycles. The lowest BCUT2D eigenvalue weighted by atomic mass is 10.1. The van der Waals surface area contributed by atoms with E-state index in [0.717, 1.165) is 0 Å². The molecule has 1 amide bonds. The van der Waals surface area contributed by atoms with E-state index in [0.29, 0.717) is 18.1 Å². The van der Waals surface area contributed by atoms with Crippen LogP contribution in [0.15, 0.2) is 28.8 Å². The van der Waals surface area contributed by atoms with Crippen molar-refractivity contribution in [1.29, 1.82) is 0 Å². The van der Waals surface area contributed by atoms with E-state index in [1.54, 1.807) is 12.1 Å². The first-order valence-corrected chi connectivity index (χ1v) is 7.99. The molecule has 0 fully saturated rings. The van der Waals surface area contributed by atoms with E-state index in [9.17, 15) is 14.4 Å². The van der Waals surface area contributed by atoms with Gasteiger partial charge in [0.25, 0.3) is 0 Å². The fourth-order valence-corrected chi connectivity index (χ4v) is 1.99. The van der Waals surface area contributed by atoms with Crippen LogP contribution >= 0.6 is 0 Å². The van der Waals surface area contributed by atoms with Gasteiger partial charge in [0, 0.05) is 12.5 Å². The number of methoxy groups -OCH3 is 1. The lowest BCUT2D eigenvalue weighted by Crippen LogP contribution is -2.14. The van der Waals surface area contributed by atoms with Crippen molar-refractivity contribution >= 4 is 17.8 Å². The van der Waals surface area contributed by atoms with E-state index in [-0.39, 0.29) is 28.7 Å². The Bertz CT molecular complexity index is 812. The summed E-state index contributed by atoms with van der Waals surface area (Å²) in [6, 6.07) is 6.34. The van der Waals surface area contributed by atoms with Gasteiger partial charge in [-0.25, -0.2) is 9.59 Å². The predicted molar refractivity (Wildman–Crippen MR) is 94.8 cm³/mol. The van der Waals surface area contributed by atoms with Crippen LogP contribution in [-0.4, -0.2) is 35.2 Å². The van der Waals surface area contributed by atoms with Gasteiger partial charge in [-0.1, -0.05) is 25.1 Å². The van der Waals surface area contributed by atoms with Gasteiger partial charge in [-0.2, -0.15) is 0 Å². The molecule has 0 atom stereocenters. The second-order valence-corrected chi connectivity index (χ2v) is 5.90. The molecule has 3 N–H and O–H groups in total. The molecule has 2 rings (SSSR count). The third kappa shape index (κ3) is 6.81. The van der Waals surface area contributed by atoms with E-state index >= 15 is 0 Å². The number of ether oxygens (including phenoxy) is 2. The summed E-state index contributed by atoms with van der Waals surface area (Å²) in [4.78, 5) is 33.0. The highest BCUT2D eigenvalue weighted by Gasteiger charge is 2.26. The topological polar surface area (TPSA) is 142 Å². The Labute approximate surface area is 156 Å². The van der Waals surface area contributed by atoms with Crippen molar-refractivity contribution in [1.82, 2.24) is 5.16 Å². The van der Waals surface area contributed by atoms with Gasteiger partial charge >= 0.3 is 11.9 Å². The molecule has 27 heavy (non-hydrogen) atoms. The Morgan fingerprint density at radius 2 is 1.89 bits per heavy atom. The quantitative estimate of drug-likeness (QED) is 0.576. The number of benzene rings is 1. The number of aromatic nitrogens is 1. The third-order valence-corrected chi connectivity index (χ3v) is 3.13. The Kier molecular flexibility index (Phi) is 7.99. The number of nitrogens with two attached hydrogens (primary N) is 1. The first-order chi connectivity index (χ1) is 12.6. The Morgan fingerprint density at radius 3 is 2.37 bits per heavy atom. The Balaban J connectivity index is 0.000000445. The molecule has 9 heteroatoms. The van der Waals surface area contributed by atoms with Crippen molar-refractivity contribution in [3.63, 3.8) is 0 Å². The summed E-state index contributed by atoms with van der Waals surface area (Å²) in [6.45, 7) is 5.33. The number of carbonyl (C=O) groups excluding carboxylic acids is 2. The maximum Gasteiger partial charge on any atom is 0.366 e. The van der Waals surface area contributed by atoms with Crippen molar-refractivity contribution in [2.75, 3.05) is 7.11 Å². The van der Waals surface area contributed by atoms with Crippen LogP contribution in [0.25, 0.3) is 0 Å². The number of hydrogen-bond donors (Lipinski definition) is 2. The summed E-state index contributed by atoms with van der Waals surface area (Å²) in [6.07, 6.45) is 0.500. The Hall–Kier alpha value is -3.36. The molecule has 0 saturated heterocycles. The fraction of sp³-hybridized carbons (Fsp3) is 0.333. The van der Waals surface area contributed by atoms with Crippen molar-refractivity contribution in [2.45, 2.75) is 27.2 Å². The van der Waals surface area contributed by atoms with E-state index in [2.05, 4.69) is 5.16 Å². The number of esters is 1. The van der Waals surface area contributed by atoms with Crippen LogP contribution in [-0.2, 0) is 4.79 Å². The van der Waals surface area contributed by atoms with Gasteiger partial charge in [0.15, 0.2) is 0 Å². The lowest BCUT2D eigenvalue weighted by Gasteiger charge is -2.04. The van der Waals surface area contributed by atoms with Gasteiger partial charge < -0.3 is 24.8 Å². The number of carboxylic acid groups (broad SMARTS) is 1. The molecule has 0 aliphatic heterocycles. The number of carbonyl (C=O) groups is 3. The largest absolute Gasteiger partial charge is 0.497 e. The predicted octanol–water partition coefficient (Wildman–Crippen LogP) is 2.43. The van der Waals surface area contributed by atoms with Crippen LogP contribution in [0.2, 0.25) is 0 Å². The minimum atomic E-state index is -1.30. The molecule has 9 nitrogen and oxygen atoms in total. The molecule has 2 aromatic rings. The average Bonchev–Trinajstić information content (AvgIpc) is 2.96. The minimum absolute atomic E-state index is 0.0371. The summed E-state index contributed by atoms with van der Waals surface area (Å²) in [5, 5.41) is 12.4. The van der Waals surface area contributed by atoms with Crippen LogP contribution in [0, 0.1) is 12.8 Å². The molecular weight excluding hydrogens is 356 g/mol. The number of nitrogens with zero attached hydrogens (tertiary/aromatic N) is 1. The second-order valence-electron chi connectivity index (χ2n) is 5.90. The van der Waals surface area contributed by atoms with Gasteiger partial charge in [0.05, 0.1) is 7.11 Å². The number of carboxylic acids is 1. The Morgan fingerprint density at radius 1 is 1.26 bits per heavy atom. The second kappa shape index (κ2) is 9.95. The molecule has 146 valence electrons. The first kappa shape index (κ1) is 21.7. The van der Waals surface area contributed by atoms with Gasteiger partial charge in [0.2, 0.25) is 11.6 Å². The van der Waals surface area contributed by atoms with E-state index < -0.39 is 11.9 Å². The van der Waals surface area contributed by atoms with Crippen molar-refractivity contribution in [2.24, 2.45) is 11.7 Å². The molecule has 0 aliphatic carbocycles. The van der Waals surface area contributed by atoms with E-state index in [4.69, 9.17) is 24.8 Å². The van der Waals surface area contributed by atoms with Crippen molar-refractivity contribution in [3.8, 4) is 11.5 Å². The molecule has 0 aliphatic rings. The van der Waals surface area contributed by atoms with Gasteiger partial charge in [-0.15, -0.1) is 0 Å². The SMILES string of the molecule is CC(C)CC(N)=O.COc1cccc(OC(=O)c2noc(C)c2C(=O)O)c1. The normalized spacial score (nSPS) is 9.96. The summed E-state index contributed by atoms with van der Waals surface area (Å²) < 4.78 is 14.7. The average molecular weight is 378 g/mol. The molecule has 0 radical (unpaired) electrons. The third-order valence-electron chi connectivity index (χ3n) is 3.13. The smallest absolute Gasteiger partial charge is 0.366 e. The zero-order chi connectivity index (χ0) is 20.6. The van der Waals surface area contributed by atoms with Gasteiger partial charge in [-0.05, 0) is 25.0 Å². The van der Waals surface area contributed by atoms with E-state index in [1.807, 2.05) is 13.8 Å². The van der Waals surface area contributed by atoms with Crippen LogP contribution in [0.5, 0.6) is 11.5 Å². The van der Waals surface area contributed by atoms with Crippen LogP contribution < -0.4 is 15.2 Å². The van der Waals surface area contributed by atoms with Crippen molar-refractivity contribution in [3.05, 3.63) is 41.3 Å². The maximum atomic E-state index is 11.9. The monoisotopic (exact) mass is 378 g/mol. The molecular formula is C18H22N2O7. The zero-order valence-electron chi connectivity index (χ0n) is 15.5.